The molecule has 3 N–H and O–H groups in total. The summed E-state index contributed by atoms with van der Waals surface area (Å²) in [5, 5.41) is 31.8. The van der Waals surface area contributed by atoms with Crippen molar-refractivity contribution in [3.63, 3.8) is 0 Å². The van der Waals surface area contributed by atoms with E-state index in [2.05, 4.69) is 6.58 Å². The van der Waals surface area contributed by atoms with Crippen LogP contribution < -0.4 is 4.74 Å². The van der Waals surface area contributed by atoms with Crippen molar-refractivity contribution in [2.75, 3.05) is 19.8 Å². The fourth-order valence-electron chi connectivity index (χ4n) is 3.70. The predicted octanol–water partition coefficient (Wildman–Crippen LogP) is 2.50. The third-order valence-electron chi connectivity index (χ3n) is 5.54. The van der Waals surface area contributed by atoms with E-state index >= 15 is 0 Å². The summed E-state index contributed by atoms with van der Waals surface area (Å²) < 4.78 is 16.4. The standard InChI is InChI=1S/C23H29ClO6/c1-4-29-17-8-6-16(7-9-17)11-15(3)18(24)10-5-14(2)21-20(25)22(26)23(27)13-28-12-19(23)30-21/h5-10,19-22,25-27H,2,4,11-13H2,1,3H3. The number of allylic oxidation sites excluding steroid dienone is 3. The fourth-order valence-corrected chi connectivity index (χ4v) is 3.83. The van der Waals surface area contributed by atoms with Gasteiger partial charge < -0.3 is 29.5 Å². The van der Waals surface area contributed by atoms with Gasteiger partial charge in [-0.1, -0.05) is 42.0 Å². The molecule has 0 radical (unpaired) electrons. The molecule has 0 saturated carbocycles. The molecule has 0 aliphatic carbocycles. The molecule has 0 bridgehead atoms. The van der Waals surface area contributed by atoms with Crippen LogP contribution in [0.1, 0.15) is 19.4 Å². The first-order valence-electron chi connectivity index (χ1n) is 10.0. The Morgan fingerprint density at radius 2 is 2.00 bits per heavy atom. The lowest BCUT2D eigenvalue weighted by molar-refractivity contribution is -0.243. The molecule has 0 aromatic heterocycles. The Bertz CT molecular complexity index is 817. The van der Waals surface area contributed by atoms with E-state index in [4.69, 9.17) is 25.8 Å². The van der Waals surface area contributed by atoms with E-state index < -0.39 is 30.0 Å². The van der Waals surface area contributed by atoms with Crippen molar-refractivity contribution in [1.82, 2.24) is 0 Å². The molecule has 0 amide bonds. The lowest BCUT2D eigenvalue weighted by Crippen LogP contribution is -2.65. The van der Waals surface area contributed by atoms with Gasteiger partial charge in [-0.3, -0.25) is 0 Å². The Hall–Kier alpha value is -1.67. The van der Waals surface area contributed by atoms with E-state index in [9.17, 15) is 15.3 Å². The van der Waals surface area contributed by atoms with Crippen LogP contribution in [0.25, 0.3) is 0 Å². The van der Waals surface area contributed by atoms with Gasteiger partial charge in [-0.15, -0.1) is 0 Å². The van der Waals surface area contributed by atoms with Gasteiger partial charge in [-0.25, -0.2) is 0 Å². The summed E-state index contributed by atoms with van der Waals surface area (Å²) in [6.07, 6.45) is -0.264. The summed E-state index contributed by atoms with van der Waals surface area (Å²) in [5.41, 5.74) is 0.915. The van der Waals surface area contributed by atoms with Crippen LogP contribution in [-0.2, 0) is 15.9 Å². The molecule has 1 aromatic carbocycles. The molecule has 2 heterocycles. The zero-order valence-electron chi connectivity index (χ0n) is 17.3. The van der Waals surface area contributed by atoms with Crippen molar-refractivity contribution in [3.8, 4) is 5.75 Å². The molecule has 1 aromatic rings. The van der Waals surface area contributed by atoms with Gasteiger partial charge in [0.15, 0.2) is 0 Å². The highest BCUT2D eigenvalue weighted by Crippen LogP contribution is 2.36. The first-order chi connectivity index (χ1) is 14.3. The van der Waals surface area contributed by atoms with E-state index in [1.165, 1.54) is 0 Å². The maximum absolute atomic E-state index is 10.5. The van der Waals surface area contributed by atoms with Crippen LogP contribution in [0.15, 0.2) is 59.2 Å². The highest BCUT2D eigenvalue weighted by Gasteiger charge is 2.57. The van der Waals surface area contributed by atoms with Crippen LogP contribution in [0.2, 0.25) is 0 Å². The van der Waals surface area contributed by atoms with E-state index in [1.807, 2.05) is 38.1 Å². The Morgan fingerprint density at radius 3 is 2.67 bits per heavy atom. The van der Waals surface area contributed by atoms with Crippen LogP contribution in [0.4, 0.5) is 0 Å². The Kier molecular flexibility index (Phi) is 7.39. The number of aliphatic hydroxyl groups is 3. The van der Waals surface area contributed by atoms with Gasteiger partial charge in [0.05, 0.1) is 19.8 Å². The number of aliphatic hydroxyl groups excluding tert-OH is 2. The summed E-state index contributed by atoms with van der Waals surface area (Å²) >= 11 is 6.44. The van der Waals surface area contributed by atoms with Crippen LogP contribution in [0, 0.1) is 0 Å². The van der Waals surface area contributed by atoms with Crippen LogP contribution in [0.3, 0.4) is 0 Å². The molecule has 2 aliphatic rings. The highest BCUT2D eigenvalue weighted by atomic mass is 35.5. The second-order valence-electron chi connectivity index (χ2n) is 7.78. The number of halogens is 1. The average molecular weight is 437 g/mol. The minimum atomic E-state index is -1.61. The summed E-state index contributed by atoms with van der Waals surface area (Å²) in [7, 11) is 0. The summed E-state index contributed by atoms with van der Waals surface area (Å²) in [6.45, 7) is 8.53. The number of ether oxygens (including phenoxy) is 3. The van der Waals surface area contributed by atoms with Crippen molar-refractivity contribution >= 4 is 11.6 Å². The lowest BCUT2D eigenvalue weighted by atomic mass is 9.82. The molecular weight excluding hydrogens is 408 g/mol. The molecule has 0 spiro atoms. The second kappa shape index (κ2) is 9.64. The largest absolute Gasteiger partial charge is 0.494 e. The van der Waals surface area contributed by atoms with E-state index in [1.54, 1.807) is 12.2 Å². The van der Waals surface area contributed by atoms with Crippen molar-refractivity contribution < 1.29 is 29.5 Å². The Morgan fingerprint density at radius 1 is 1.30 bits per heavy atom. The minimum absolute atomic E-state index is 0.0791. The van der Waals surface area contributed by atoms with Gasteiger partial charge >= 0.3 is 0 Å². The summed E-state index contributed by atoms with van der Waals surface area (Å²) in [4.78, 5) is 0. The molecule has 5 atom stereocenters. The Balaban J connectivity index is 1.64. The SMILES string of the molecule is C=C(C=CC(Cl)=C(C)Cc1ccc(OCC)cc1)C1OC2COCC2(O)C(O)C1O. The zero-order valence-corrected chi connectivity index (χ0v) is 18.0. The van der Waals surface area contributed by atoms with Crippen molar-refractivity contribution in [2.24, 2.45) is 0 Å². The minimum Gasteiger partial charge on any atom is -0.494 e. The smallest absolute Gasteiger partial charge is 0.145 e. The van der Waals surface area contributed by atoms with Crippen LogP contribution in [-0.4, -0.2) is 65.2 Å². The fraction of sp³-hybridized carbons (Fsp3) is 0.478. The van der Waals surface area contributed by atoms with Crippen molar-refractivity contribution in [2.45, 2.75) is 50.3 Å². The average Bonchev–Trinajstić information content (AvgIpc) is 3.12. The van der Waals surface area contributed by atoms with E-state index in [0.29, 0.717) is 23.6 Å². The molecule has 6 nitrogen and oxygen atoms in total. The van der Waals surface area contributed by atoms with Gasteiger partial charge in [0.25, 0.3) is 0 Å². The normalized spacial score (nSPS) is 32.1. The molecule has 3 rings (SSSR count). The molecule has 164 valence electrons. The van der Waals surface area contributed by atoms with Crippen molar-refractivity contribution in [1.29, 1.82) is 0 Å². The Labute approximate surface area is 182 Å². The van der Waals surface area contributed by atoms with Crippen LogP contribution in [0.5, 0.6) is 5.75 Å². The third kappa shape index (κ3) is 4.80. The molecule has 7 heteroatoms. The van der Waals surface area contributed by atoms with Crippen molar-refractivity contribution in [3.05, 3.63) is 64.7 Å². The number of hydrogen-bond acceptors (Lipinski definition) is 6. The quantitative estimate of drug-likeness (QED) is 0.569. The van der Waals surface area contributed by atoms with Gasteiger partial charge in [-0.05, 0) is 49.6 Å². The zero-order chi connectivity index (χ0) is 21.9. The van der Waals surface area contributed by atoms with Gasteiger partial charge in [0.1, 0.15) is 35.8 Å². The lowest BCUT2D eigenvalue weighted by Gasteiger charge is -2.44. The molecule has 2 fully saturated rings. The second-order valence-corrected chi connectivity index (χ2v) is 8.18. The maximum Gasteiger partial charge on any atom is 0.145 e. The monoisotopic (exact) mass is 436 g/mol. The number of rotatable bonds is 7. The number of fused-ring (bicyclic) bond motifs is 1. The van der Waals surface area contributed by atoms with Crippen LogP contribution >= 0.6 is 11.6 Å². The van der Waals surface area contributed by atoms with E-state index in [-0.39, 0.29) is 13.2 Å². The summed E-state index contributed by atoms with van der Waals surface area (Å²) in [5.74, 6) is 0.831. The molecule has 30 heavy (non-hydrogen) atoms. The van der Waals surface area contributed by atoms with Gasteiger partial charge in [0, 0.05) is 5.03 Å². The molecule has 5 unspecified atom stereocenters. The molecule has 2 saturated heterocycles. The number of hydrogen-bond donors (Lipinski definition) is 3. The van der Waals surface area contributed by atoms with Gasteiger partial charge in [0.2, 0.25) is 0 Å². The molecule has 2 aliphatic heterocycles. The third-order valence-corrected chi connectivity index (χ3v) is 5.99. The summed E-state index contributed by atoms with van der Waals surface area (Å²) in [6, 6.07) is 7.86. The highest BCUT2D eigenvalue weighted by molar-refractivity contribution is 6.31. The topological polar surface area (TPSA) is 88.4 Å². The van der Waals surface area contributed by atoms with Gasteiger partial charge in [-0.2, -0.15) is 0 Å². The molecular formula is C23H29ClO6. The predicted molar refractivity (Wildman–Crippen MR) is 115 cm³/mol. The maximum atomic E-state index is 10.5. The first-order valence-corrected chi connectivity index (χ1v) is 10.4. The van der Waals surface area contributed by atoms with E-state index in [0.717, 1.165) is 16.9 Å². The number of benzene rings is 1. The first kappa shape index (κ1) is 23.0.